The van der Waals surface area contributed by atoms with E-state index in [1.807, 2.05) is 12.1 Å². The molecule has 0 saturated carbocycles. The van der Waals surface area contributed by atoms with E-state index in [-0.39, 0.29) is 18.6 Å². The molecule has 2 amide bonds. The number of carbonyl (C=O) groups is 2. The molecule has 4 rings (SSSR count). The van der Waals surface area contributed by atoms with E-state index >= 15 is 0 Å². The predicted octanol–water partition coefficient (Wildman–Crippen LogP) is -0.345. The van der Waals surface area contributed by atoms with Crippen molar-refractivity contribution in [2.75, 3.05) is 46.1 Å². The Morgan fingerprint density at radius 1 is 0.885 bits per heavy atom. The standard InChI is InChI=1S/C19H25N3O4/c23-18(21-6-2-1-3-7-21)19(24)22-10-8-20(9-11-22)13-15-4-5-16-17(12-15)26-14-25-16/h4-5,12H,1-3,6-11,13-14H2/p+1. The fourth-order valence-corrected chi connectivity index (χ4v) is 3.91. The molecule has 7 heteroatoms. The van der Waals surface area contributed by atoms with Crippen LogP contribution in [0.1, 0.15) is 24.8 Å². The van der Waals surface area contributed by atoms with Crippen LogP contribution in [-0.2, 0) is 16.1 Å². The molecular formula is C19H26N3O4+. The predicted molar refractivity (Wildman–Crippen MR) is 94.0 cm³/mol. The number of quaternary nitrogens is 1. The van der Waals surface area contributed by atoms with E-state index in [0.717, 1.165) is 63.5 Å². The van der Waals surface area contributed by atoms with Crippen molar-refractivity contribution < 1.29 is 24.0 Å². The average Bonchev–Trinajstić information content (AvgIpc) is 3.16. The second-order valence-electron chi connectivity index (χ2n) is 7.26. The molecule has 26 heavy (non-hydrogen) atoms. The Balaban J connectivity index is 1.28. The molecule has 0 aliphatic carbocycles. The highest BCUT2D eigenvalue weighted by Gasteiger charge is 2.31. The molecular weight excluding hydrogens is 334 g/mol. The van der Waals surface area contributed by atoms with Crippen LogP contribution in [0, 0.1) is 0 Å². The number of benzene rings is 1. The summed E-state index contributed by atoms with van der Waals surface area (Å²) in [5.74, 6) is 0.969. The highest BCUT2D eigenvalue weighted by atomic mass is 16.7. The quantitative estimate of drug-likeness (QED) is 0.733. The van der Waals surface area contributed by atoms with Gasteiger partial charge in [0, 0.05) is 18.7 Å². The lowest BCUT2D eigenvalue weighted by molar-refractivity contribution is -0.917. The fraction of sp³-hybridized carbons (Fsp3) is 0.579. The summed E-state index contributed by atoms with van der Waals surface area (Å²) in [6, 6.07) is 6.05. The van der Waals surface area contributed by atoms with E-state index in [9.17, 15) is 9.59 Å². The number of carbonyl (C=O) groups excluding carboxylic acids is 2. The van der Waals surface area contributed by atoms with Crippen LogP contribution in [0.3, 0.4) is 0 Å². The molecule has 0 aromatic heterocycles. The second kappa shape index (κ2) is 7.53. The van der Waals surface area contributed by atoms with Gasteiger partial charge in [0.25, 0.3) is 0 Å². The summed E-state index contributed by atoms with van der Waals surface area (Å²) in [6.45, 7) is 5.60. The third-order valence-corrected chi connectivity index (χ3v) is 5.48. The Morgan fingerprint density at radius 2 is 1.54 bits per heavy atom. The van der Waals surface area contributed by atoms with Gasteiger partial charge in [0.05, 0.1) is 26.2 Å². The van der Waals surface area contributed by atoms with Gasteiger partial charge in [-0.15, -0.1) is 0 Å². The Labute approximate surface area is 153 Å². The summed E-state index contributed by atoms with van der Waals surface area (Å²) >= 11 is 0. The topological polar surface area (TPSA) is 63.5 Å². The smallest absolute Gasteiger partial charge is 0.312 e. The number of hydrogen-bond donors (Lipinski definition) is 1. The van der Waals surface area contributed by atoms with Gasteiger partial charge in [-0.3, -0.25) is 9.59 Å². The van der Waals surface area contributed by atoms with Gasteiger partial charge in [0.1, 0.15) is 6.54 Å². The SMILES string of the molecule is O=C(C(=O)N1CC[NH+](Cc2ccc3c(c2)OCO3)CC1)N1CCCCC1. The average molecular weight is 360 g/mol. The minimum absolute atomic E-state index is 0.289. The van der Waals surface area contributed by atoms with E-state index < -0.39 is 0 Å². The van der Waals surface area contributed by atoms with Crippen molar-refractivity contribution >= 4 is 11.8 Å². The van der Waals surface area contributed by atoms with Crippen molar-refractivity contribution in [2.24, 2.45) is 0 Å². The molecule has 7 nitrogen and oxygen atoms in total. The number of ether oxygens (including phenoxy) is 2. The van der Waals surface area contributed by atoms with Crippen LogP contribution in [0.5, 0.6) is 11.5 Å². The van der Waals surface area contributed by atoms with Crippen LogP contribution in [-0.4, -0.2) is 67.7 Å². The molecule has 2 saturated heterocycles. The van der Waals surface area contributed by atoms with E-state index in [2.05, 4.69) is 6.07 Å². The first-order chi connectivity index (χ1) is 12.7. The number of nitrogens with one attached hydrogen (secondary N) is 1. The maximum Gasteiger partial charge on any atom is 0.312 e. The van der Waals surface area contributed by atoms with Gasteiger partial charge < -0.3 is 24.2 Å². The third kappa shape index (κ3) is 3.62. The molecule has 3 aliphatic rings. The van der Waals surface area contributed by atoms with Crippen LogP contribution in [0.4, 0.5) is 0 Å². The Bertz CT molecular complexity index is 679. The van der Waals surface area contributed by atoms with Crippen molar-refractivity contribution in [3.8, 4) is 11.5 Å². The molecule has 3 heterocycles. The normalized spacial score (nSPS) is 20.3. The monoisotopic (exact) mass is 360 g/mol. The Kier molecular flexibility index (Phi) is 4.97. The molecule has 1 aromatic rings. The Morgan fingerprint density at radius 3 is 2.27 bits per heavy atom. The van der Waals surface area contributed by atoms with Crippen molar-refractivity contribution in [3.05, 3.63) is 23.8 Å². The van der Waals surface area contributed by atoms with E-state index in [1.165, 1.54) is 10.5 Å². The summed E-state index contributed by atoms with van der Waals surface area (Å²) < 4.78 is 10.8. The zero-order valence-corrected chi connectivity index (χ0v) is 15.0. The molecule has 0 unspecified atom stereocenters. The highest BCUT2D eigenvalue weighted by molar-refractivity contribution is 6.34. The minimum Gasteiger partial charge on any atom is -0.454 e. The molecule has 1 aromatic carbocycles. The molecule has 0 atom stereocenters. The first-order valence-electron chi connectivity index (χ1n) is 9.51. The summed E-state index contributed by atoms with van der Waals surface area (Å²) in [4.78, 5) is 29.7. The maximum absolute atomic E-state index is 12.5. The van der Waals surface area contributed by atoms with Crippen molar-refractivity contribution in [1.82, 2.24) is 9.80 Å². The molecule has 0 spiro atoms. The second-order valence-corrected chi connectivity index (χ2v) is 7.26. The summed E-state index contributed by atoms with van der Waals surface area (Å²) in [5.41, 5.74) is 1.20. The number of hydrogen-bond acceptors (Lipinski definition) is 4. The minimum atomic E-state index is -0.325. The van der Waals surface area contributed by atoms with Crippen LogP contribution in [0.15, 0.2) is 18.2 Å². The number of likely N-dealkylation sites (tertiary alicyclic amines) is 1. The zero-order valence-electron chi connectivity index (χ0n) is 15.0. The van der Waals surface area contributed by atoms with Crippen LogP contribution in [0.2, 0.25) is 0 Å². The first kappa shape index (κ1) is 17.1. The molecule has 3 aliphatic heterocycles. The summed E-state index contributed by atoms with van der Waals surface area (Å²) in [6.07, 6.45) is 3.17. The lowest BCUT2D eigenvalue weighted by Crippen LogP contribution is -3.13. The van der Waals surface area contributed by atoms with Crippen molar-refractivity contribution in [2.45, 2.75) is 25.8 Å². The van der Waals surface area contributed by atoms with Gasteiger partial charge in [0.2, 0.25) is 6.79 Å². The van der Waals surface area contributed by atoms with Gasteiger partial charge >= 0.3 is 11.8 Å². The van der Waals surface area contributed by atoms with Crippen molar-refractivity contribution in [1.29, 1.82) is 0 Å². The summed E-state index contributed by atoms with van der Waals surface area (Å²) in [5, 5.41) is 0. The first-order valence-corrected chi connectivity index (χ1v) is 9.51. The lowest BCUT2D eigenvalue weighted by atomic mass is 10.1. The largest absolute Gasteiger partial charge is 0.454 e. The summed E-state index contributed by atoms with van der Waals surface area (Å²) in [7, 11) is 0. The van der Waals surface area contributed by atoms with Gasteiger partial charge in [-0.05, 0) is 37.5 Å². The van der Waals surface area contributed by atoms with E-state index in [4.69, 9.17) is 9.47 Å². The van der Waals surface area contributed by atoms with E-state index in [0.29, 0.717) is 13.1 Å². The van der Waals surface area contributed by atoms with Gasteiger partial charge in [0.15, 0.2) is 11.5 Å². The fourth-order valence-electron chi connectivity index (χ4n) is 3.91. The highest BCUT2D eigenvalue weighted by Crippen LogP contribution is 2.32. The molecule has 0 radical (unpaired) electrons. The molecule has 0 bridgehead atoms. The number of rotatable bonds is 2. The van der Waals surface area contributed by atoms with Crippen LogP contribution >= 0.6 is 0 Å². The van der Waals surface area contributed by atoms with Crippen molar-refractivity contribution in [3.63, 3.8) is 0 Å². The third-order valence-electron chi connectivity index (χ3n) is 5.48. The van der Waals surface area contributed by atoms with Gasteiger partial charge in [-0.2, -0.15) is 0 Å². The van der Waals surface area contributed by atoms with Crippen LogP contribution in [0.25, 0.3) is 0 Å². The maximum atomic E-state index is 12.5. The van der Waals surface area contributed by atoms with Crippen LogP contribution < -0.4 is 14.4 Å². The van der Waals surface area contributed by atoms with Gasteiger partial charge in [-0.25, -0.2) is 0 Å². The number of piperazine rings is 1. The molecule has 2 fully saturated rings. The molecule has 140 valence electrons. The number of nitrogens with zero attached hydrogens (tertiary/aromatic N) is 2. The van der Waals surface area contributed by atoms with E-state index in [1.54, 1.807) is 9.80 Å². The number of fused-ring (bicyclic) bond motifs is 1. The Hall–Kier alpha value is -2.28. The van der Waals surface area contributed by atoms with Gasteiger partial charge in [-0.1, -0.05) is 0 Å². The number of amides is 2. The number of piperidine rings is 1. The zero-order chi connectivity index (χ0) is 17.9. The lowest BCUT2D eigenvalue weighted by Gasteiger charge is -2.34. The molecule has 1 N–H and O–H groups in total.